The first-order chi connectivity index (χ1) is 9.90. The molecule has 1 aliphatic rings. The average Bonchev–Trinajstić information content (AvgIpc) is 2.45. The van der Waals surface area contributed by atoms with Crippen molar-refractivity contribution >= 4 is 30.1 Å². The second kappa shape index (κ2) is 8.03. The van der Waals surface area contributed by atoms with Crippen molar-refractivity contribution in [2.75, 3.05) is 20.1 Å². The topological polar surface area (TPSA) is 45.2 Å². The summed E-state index contributed by atoms with van der Waals surface area (Å²) in [6.45, 7) is 1.06. The molecule has 1 amide bonds. The van der Waals surface area contributed by atoms with Crippen molar-refractivity contribution in [2.24, 2.45) is 0 Å². The van der Waals surface area contributed by atoms with Crippen LogP contribution in [0.1, 0.15) is 23.2 Å². The Morgan fingerprint density at radius 1 is 1.50 bits per heavy atom. The van der Waals surface area contributed by atoms with Gasteiger partial charge in [-0.2, -0.15) is 13.2 Å². The standard InChI is InChI=1S/C13H16F3N3OS.ClH/c1-17-9-4-3-7-19(8-9)12(20)10-5-2-6-18-11(10)21-13(14,15)16;/h2,5-6,9,17H,3-4,7-8H2,1H3;1H. The van der Waals surface area contributed by atoms with E-state index in [1.54, 1.807) is 4.90 Å². The maximum absolute atomic E-state index is 12.5. The number of nitrogens with zero attached hydrogens (tertiary/aromatic N) is 2. The van der Waals surface area contributed by atoms with Gasteiger partial charge >= 0.3 is 5.51 Å². The molecule has 1 aromatic heterocycles. The number of halogens is 4. The molecule has 0 bridgehead atoms. The van der Waals surface area contributed by atoms with Gasteiger partial charge in [0.1, 0.15) is 5.03 Å². The normalized spacial score (nSPS) is 18.7. The summed E-state index contributed by atoms with van der Waals surface area (Å²) in [5, 5.41) is 2.81. The van der Waals surface area contributed by atoms with E-state index in [1.807, 2.05) is 7.05 Å². The van der Waals surface area contributed by atoms with Crippen molar-refractivity contribution in [3.8, 4) is 0 Å². The molecule has 1 atom stereocenters. The predicted molar refractivity (Wildman–Crippen MR) is 81.4 cm³/mol. The summed E-state index contributed by atoms with van der Waals surface area (Å²) in [6.07, 6.45) is 3.05. The maximum Gasteiger partial charge on any atom is 0.447 e. The highest BCUT2D eigenvalue weighted by atomic mass is 35.5. The Kier molecular flexibility index (Phi) is 6.96. The molecular weight excluding hydrogens is 339 g/mol. The summed E-state index contributed by atoms with van der Waals surface area (Å²) in [5.74, 6) is -0.394. The molecule has 124 valence electrons. The molecule has 0 spiro atoms. The molecule has 1 aliphatic heterocycles. The number of carbonyl (C=O) groups is 1. The Balaban J connectivity index is 0.00000242. The van der Waals surface area contributed by atoms with Crippen LogP contribution in [-0.2, 0) is 0 Å². The Bertz CT molecular complexity index is 516. The van der Waals surface area contributed by atoms with Crippen molar-refractivity contribution in [2.45, 2.75) is 29.4 Å². The number of carbonyl (C=O) groups excluding carboxylic acids is 1. The fourth-order valence-electron chi connectivity index (χ4n) is 2.31. The van der Waals surface area contributed by atoms with E-state index in [0.29, 0.717) is 13.1 Å². The number of amides is 1. The zero-order valence-corrected chi connectivity index (χ0v) is 13.5. The lowest BCUT2D eigenvalue weighted by molar-refractivity contribution is -0.0329. The van der Waals surface area contributed by atoms with Crippen molar-refractivity contribution in [3.63, 3.8) is 0 Å². The van der Waals surface area contributed by atoms with Crippen LogP contribution in [-0.4, -0.2) is 47.5 Å². The second-order valence-electron chi connectivity index (χ2n) is 4.78. The van der Waals surface area contributed by atoms with Crippen LogP contribution < -0.4 is 5.32 Å². The number of thioether (sulfide) groups is 1. The van der Waals surface area contributed by atoms with Gasteiger partial charge in [0.25, 0.3) is 5.91 Å². The molecular formula is C13H17ClF3N3OS. The van der Waals surface area contributed by atoms with Crippen LogP contribution in [0.25, 0.3) is 0 Å². The van der Waals surface area contributed by atoms with Gasteiger partial charge in [0.2, 0.25) is 0 Å². The van der Waals surface area contributed by atoms with E-state index >= 15 is 0 Å². The minimum atomic E-state index is -4.46. The van der Waals surface area contributed by atoms with Crippen LogP contribution in [0.15, 0.2) is 23.4 Å². The summed E-state index contributed by atoms with van der Waals surface area (Å²) < 4.78 is 37.6. The van der Waals surface area contributed by atoms with E-state index in [9.17, 15) is 18.0 Å². The van der Waals surface area contributed by atoms with Crippen LogP contribution in [0, 0.1) is 0 Å². The third-order valence-electron chi connectivity index (χ3n) is 3.33. The van der Waals surface area contributed by atoms with Crippen molar-refractivity contribution in [1.82, 2.24) is 15.2 Å². The van der Waals surface area contributed by atoms with Crippen molar-refractivity contribution in [1.29, 1.82) is 0 Å². The zero-order valence-electron chi connectivity index (χ0n) is 11.9. The molecule has 1 fully saturated rings. The van der Waals surface area contributed by atoms with E-state index in [-0.39, 0.29) is 40.8 Å². The van der Waals surface area contributed by atoms with Crippen LogP contribution >= 0.6 is 24.2 Å². The van der Waals surface area contributed by atoms with Crippen molar-refractivity contribution in [3.05, 3.63) is 23.9 Å². The zero-order chi connectivity index (χ0) is 15.5. The Labute approximate surface area is 137 Å². The molecule has 9 heteroatoms. The van der Waals surface area contributed by atoms with Gasteiger partial charge in [-0.1, -0.05) is 0 Å². The smallest absolute Gasteiger partial charge is 0.337 e. The lowest BCUT2D eigenvalue weighted by atomic mass is 10.1. The summed E-state index contributed by atoms with van der Waals surface area (Å²) in [7, 11) is 1.81. The molecule has 2 heterocycles. The minimum absolute atomic E-state index is 0. The highest BCUT2D eigenvalue weighted by Crippen LogP contribution is 2.37. The molecule has 0 aliphatic carbocycles. The summed E-state index contributed by atoms with van der Waals surface area (Å²) in [4.78, 5) is 17.7. The molecule has 1 saturated heterocycles. The number of pyridine rings is 1. The fourth-order valence-corrected chi connectivity index (χ4v) is 2.91. The van der Waals surface area contributed by atoms with E-state index in [4.69, 9.17) is 0 Å². The van der Waals surface area contributed by atoms with E-state index in [0.717, 1.165) is 12.8 Å². The third-order valence-corrected chi connectivity index (χ3v) is 4.08. The number of aromatic nitrogens is 1. The molecule has 0 saturated carbocycles. The van der Waals surface area contributed by atoms with Gasteiger partial charge in [0, 0.05) is 37.1 Å². The van der Waals surface area contributed by atoms with Gasteiger partial charge in [0.05, 0.1) is 5.56 Å². The lowest BCUT2D eigenvalue weighted by Crippen LogP contribution is -2.47. The molecule has 0 radical (unpaired) electrons. The number of rotatable bonds is 3. The first-order valence-electron chi connectivity index (χ1n) is 6.58. The molecule has 2 rings (SSSR count). The number of hydrogen-bond acceptors (Lipinski definition) is 4. The lowest BCUT2D eigenvalue weighted by Gasteiger charge is -2.32. The molecule has 4 nitrogen and oxygen atoms in total. The number of likely N-dealkylation sites (tertiary alicyclic amines) is 1. The van der Waals surface area contributed by atoms with E-state index in [1.165, 1.54) is 18.3 Å². The Morgan fingerprint density at radius 2 is 2.23 bits per heavy atom. The average molecular weight is 356 g/mol. The van der Waals surface area contributed by atoms with Gasteiger partial charge in [-0.3, -0.25) is 4.79 Å². The highest BCUT2D eigenvalue weighted by Gasteiger charge is 2.33. The summed E-state index contributed by atoms with van der Waals surface area (Å²) >= 11 is -0.348. The number of nitrogens with one attached hydrogen (secondary N) is 1. The monoisotopic (exact) mass is 355 g/mol. The second-order valence-corrected chi connectivity index (χ2v) is 5.84. The van der Waals surface area contributed by atoms with E-state index in [2.05, 4.69) is 10.3 Å². The maximum atomic E-state index is 12.5. The van der Waals surface area contributed by atoms with Gasteiger partial charge in [-0.25, -0.2) is 4.98 Å². The molecule has 1 aromatic rings. The largest absolute Gasteiger partial charge is 0.447 e. The number of piperidine rings is 1. The summed E-state index contributed by atoms with van der Waals surface area (Å²) in [6, 6.07) is 3.05. The van der Waals surface area contributed by atoms with Gasteiger partial charge in [-0.15, -0.1) is 12.4 Å². The SMILES string of the molecule is CNC1CCCN(C(=O)c2cccnc2SC(F)(F)F)C1.Cl. The van der Waals surface area contributed by atoms with E-state index < -0.39 is 11.4 Å². The number of hydrogen-bond donors (Lipinski definition) is 1. The first-order valence-corrected chi connectivity index (χ1v) is 7.39. The molecule has 0 aromatic carbocycles. The Hall–Kier alpha value is -0.990. The fraction of sp³-hybridized carbons (Fsp3) is 0.538. The van der Waals surface area contributed by atoms with Crippen LogP contribution in [0.3, 0.4) is 0 Å². The van der Waals surface area contributed by atoms with Crippen LogP contribution in [0.2, 0.25) is 0 Å². The first kappa shape index (κ1) is 19.1. The molecule has 1 unspecified atom stereocenters. The molecule has 1 N–H and O–H groups in total. The summed E-state index contributed by atoms with van der Waals surface area (Å²) in [5.41, 5.74) is -4.45. The van der Waals surface area contributed by atoms with Crippen LogP contribution in [0.5, 0.6) is 0 Å². The quantitative estimate of drug-likeness (QED) is 0.847. The Morgan fingerprint density at radius 3 is 2.86 bits per heavy atom. The number of likely N-dealkylation sites (N-methyl/N-ethyl adjacent to an activating group) is 1. The van der Waals surface area contributed by atoms with Gasteiger partial charge in [0.15, 0.2) is 0 Å². The van der Waals surface area contributed by atoms with Crippen molar-refractivity contribution < 1.29 is 18.0 Å². The third kappa shape index (κ3) is 5.03. The predicted octanol–water partition coefficient (Wildman–Crippen LogP) is 2.94. The molecule has 22 heavy (non-hydrogen) atoms. The highest BCUT2D eigenvalue weighted by molar-refractivity contribution is 8.00. The van der Waals surface area contributed by atoms with Crippen LogP contribution in [0.4, 0.5) is 13.2 Å². The minimum Gasteiger partial charge on any atom is -0.337 e. The number of alkyl halides is 3. The van der Waals surface area contributed by atoms with Gasteiger partial charge < -0.3 is 10.2 Å². The van der Waals surface area contributed by atoms with Gasteiger partial charge in [-0.05, 0) is 32.0 Å².